The lowest BCUT2D eigenvalue weighted by Gasteiger charge is -2.29. The fourth-order valence-corrected chi connectivity index (χ4v) is 4.10. The predicted molar refractivity (Wildman–Crippen MR) is 118 cm³/mol. The zero-order valence-corrected chi connectivity index (χ0v) is 18.3. The molecular weight excluding hydrogens is 425 g/mol. The molecule has 33 heavy (non-hydrogen) atoms. The van der Waals surface area contributed by atoms with Crippen LogP contribution in [0.3, 0.4) is 0 Å². The van der Waals surface area contributed by atoms with Crippen molar-refractivity contribution < 1.29 is 18.2 Å². The number of para-hydroxylation sites is 1. The summed E-state index contributed by atoms with van der Waals surface area (Å²) in [7, 11) is 0. The molecule has 170 valence electrons. The predicted octanol–water partition coefficient (Wildman–Crippen LogP) is 4.70. The molecule has 0 N–H and O–H groups in total. The Balaban J connectivity index is 1.26. The third-order valence-corrected chi connectivity index (χ3v) is 5.63. The Kier molecular flexibility index (Phi) is 6.12. The number of piperidine rings is 1. The molecule has 1 fully saturated rings. The molecular formula is C24H24FN5O3. The van der Waals surface area contributed by atoms with Gasteiger partial charge in [-0.25, -0.2) is 4.39 Å². The van der Waals surface area contributed by atoms with Crippen molar-refractivity contribution in [3.05, 3.63) is 66.1 Å². The smallest absolute Gasteiger partial charge is 0.241 e. The summed E-state index contributed by atoms with van der Waals surface area (Å²) in [5.74, 6) is 2.52. The lowest BCUT2D eigenvalue weighted by Crippen LogP contribution is -2.34. The van der Waals surface area contributed by atoms with E-state index in [4.69, 9.17) is 13.8 Å². The van der Waals surface area contributed by atoms with Crippen LogP contribution in [0.1, 0.15) is 37.5 Å². The SMILES string of the molecule is CCOc1ccccc1-c1noc(CN2CCCC(c3nc(-c4cccc(F)c4)no3)C2)n1. The molecule has 5 rings (SSSR count). The van der Waals surface area contributed by atoms with E-state index >= 15 is 0 Å². The molecule has 9 heteroatoms. The fourth-order valence-electron chi connectivity index (χ4n) is 4.10. The van der Waals surface area contributed by atoms with Crippen LogP contribution in [-0.4, -0.2) is 44.9 Å². The van der Waals surface area contributed by atoms with Crippen molar-refractivity contribution in [1.29, 1.82) is 0 Å². The molecule has 0 aliphatic carbocycles. The van der Waals surface area contributed by atoms with Gasteiger partial charge in [-0.05, 0) is 50.6 Å². The summed E-state index contributed by atoms with van der Waals surface area (Å²) < 4.78 is 30.2. The summed E-state index contributed by atoms with van der Waals surface area (Å²) in [5, 5.41) is 8.20. The number of hydrogen-bond acceptors (Lipinski definition) is 8. The van der Waals surface area contributed by atoms with Gasteiger partial charge in [0, 0.05) is 12.1 Å². The molecule has 1 unspecified atom stereocenters. The van der Waals surface area contributed by atoms with Gasteiger partial charge in [-0.15, -0.1) is 0 Å². The van der Waals surface area contributed by atoms with Crippen LogP contribution in [0.2, 0.25) is 0 Å². The zero-order chi connectivity index (χ0) is 22.6. The summed E-state index contributed by atoms with van der Waals surface area (Å²) >= 11 is 0. The maximum absolute atomic E-state index is 13.5. The van der Waals surface area contributed by atoms with Gasteiger partial charge < -0.3 is 13.8 Å². The Morgan fingerprint density at radius 3 is 2.82 bits per heavy atom. The van der Waals surface area contributed by atoms with Gasteiger partial charge in [0.15, 0.2) is 0 Å². The van der Waals surface area contributed by atoms with E-state index in [9.17, 15) is 4.39 Å². The zero-order valence-electron chi connectivity index (χ0n) is 18.3. The highest BCUT2D eigenvalue weighted by atomic mass is 19.1. The molecule has 3 heterocycles. The van der Waals surface area contributed by atoms with Crippen LogP contribution in [0.5, 0.6) is 5.75 Å². The molecule has 0 saturated carbocycles. The van der Waals surface area contributed by atoms with Crippen LogP contribution >= 0.6 is 0 Å². The van der Waals surface area contributed by atoms with Crippen LogP contribution in [-0.2, 0) is 6.54 Å². The molecule has 0 bridgehead atoms. The van der Waals surface area contributed by atoms with Crippen LogP contribution in [0.15, 0.2) is 57.6 Å². The lowest BCUT2D eigenvalue weighted by molar-refractivity contribution is 0.162. The second kappa shape index (κ2) is 9.50. The highest BCUT2D eigenvalue weighted by Gasteiger charge is 2.27. The highest BCUT2D eigenvalue weighted by Crippen LogP contribution is 2.30. The molecule has 1 saturated heterocycles. The van der Waals surface area contributed by atoms with Crippen LogP contribution in [0.25, 0.3) is 22.8 Å². The maximum Gasteiger partial charge on any atom is 0.241 e. The van der Waals surface area contributed by atoms with Gasteiger partial charge in [0.05, 0.1) is 24.6 Å². The van der Waals surface area contributed by atoms with Crippen molar-refractivity contribution in [3.8, 4) is 28.5 Å². The third-order valence-electron chi connectivity index (χ3n) is 5.63. The van der Waals surface area contributed by atoms with E-state index in [2.05, 4.69) is 25.2 Å². The average Bonchev–Trinajstić information content (AvgIpc) is 3.50. The van der Waals surface area contributed by atoms with Crippen LogP contribution in [0.4, 0.5) is 4.39 Å². The second-order valence-corrected chi connectivity index (χ2v) is 7.98. The number of halogens is 1. The van der Waals surface area contributed by atoms with Gasteiger partial charge in [-0.3, -0.25) is 4.90 Å². The fraction of sp³-hybridized carbons (Fsp3) is 0.333. The van der Waals surface area contributed by atoms with Gasteiger partial charge in [0.1, 0.15) is 11.6 Å². The monoisotopic (exact) mass is 449 g/mol. The Labute approximate surface area is 190 Å². The van der Waals surface area contributed by atoms with Crippen molar-refractivity contribution in [2.45, 2.75) is 32.2 Å². The molecule has 0 amide bonds. The van der Waals surface area contributed by atoms with Gasteiger partial charge in [-0.1, -0.05) is 34.6 Å². The third kappa shape index (κ3) is 4.78. The molecule has 4 aromatic rings. The topological polar surface area (TPSA) is 90.3 Å². The summed E-state index contributed by atoms with van der Waals surface area (Å²) in [6.45, 7) is 4.68. The number of hydrogen-bond donors (Lipinski definition) is 0. The van der Waals surface area contributed by atoms with Crippen molar-refractivity contribution in [1.82, 2.24) is 25.2 Å². The second-order valence-electron chi connectivity index (χ2n) is 7.98. The molecule has 0 radical (unpaired) electrons. The van der Waals surface area contributed by atoms with E-state index in [1.54, 1.807) is 12.1 Å². The van der Waals surface area contributed by atoms with Gasteiger partial charge in [0.25, 0.3) is 0 Å². The largest absolute Gasteiger partial charge is 0.493 e. The van der Waals surface area contributed by atoms with E-state index in [1.165, 1.54) is 12.1 Å². The number of ether oxygens (including phenoxy) is 1. The average molecular weight is 449 g/mol. The quantitative estimate of drug-likeness (QED) is 0.401. The molecule has 1 aliphatic heterocycles. The molecule has 2 aromatic heterocycles. The minimum atomic E-state index is -0.328. The van der Waals surface area contributed by atoms with Crippen molar-refractivity contribution in [2.24, 2.45) is 0 Å². The normalized spacial score (nSPS) is 16.7. The number of benzene rings is 2. The number of likely N-dealkylation sites (tertiary alicyclic amines) is 1. The first-order valence-electron chi connectivity index (χ1n) is 11.1. The van der Waals surface area contributed by atoms with E-state index in [-0.39, 0.29) is 11.7 Å². The standard InChI is InChI=1S/C24H24FN5O3/c1-2-31-20-11-4-3-10-19(20)23-26-21(32-29-23)15-30-12-6-8-17(14-30)24-27-22(28-33-24)16-7-5-9-18(25)13-16/h3-5,7,9-11,13,17H,2,6,8,12,14-15H2,1H3. The maximum atomic E-state index is 13.5. The Bertz CT molecular complexity index is 1220. The first kappa shape index (κ1) is 21.3. The number of aromatic nitrogens is 4. The minimum absolute atomic E-state index is 0.0923. The highest BCUT2D eigenvalue weighted by molar-refractivity contribution is 5.63. The van der Waals surface area contributed by atoms with E-state index < -0.39 is 0 Å². The summed E-state index contributed by atoms with van der Waals surface area (Å²) in [4.78, 5) is 11.3. The first-order valence-corrected chi connectivity index (χ1v) is 11.1. The number of rotatable bonds is 7. The molecule has 1 aliphatic rings. The number of nitrogens with zero attached hydrogens (tertiary/aromatic N) is 5. The van der Waals surface area contributed by atoms with E-state index in [0.717, 1.165) is 37.2 Å². The van der Waals surface area contributed by atoms with Crippen molar-refractivity contribution >= 4 is 0 Å². The summed E-state index contributed by atoms with van der Waals surface area (Å²) in [6, 6.07) is 13.8. The van der Waals surface area contributed by atoms with Crippen LogP contribution in [0, 0.1) is 5.82 Å². The lowest BCUT2D eigenvalue weighted by atomic mass is 9.98. The Morgan fingerprint density at radius 1 is 1.06 bits per heavy atom. The van der Waals surface area contributed by atoms with E-state index in [0.29, 0.717) is 42.1 Å². The molecule has 1 atom stereocenters. The Morgan fingerprint density at radius 2 is 1.94 bits per heavy atom. The van der Waals surface area contributed by atoms with Crippen LogP contribution < -0.4 is 4.74 Å². The Hall–Kier alpha value is -3.59. The summed E-state index contributed by atoms with van der Waals surface area (Å²) in [5.41, 5.74) is 1.41. The van der Waals surface area contributed by atoms with E-state index in [1.807, 2.05) is 31.2 Å². The first-order chi connectivity index (χ1) is 16.2. The van der Waals surface area contributed by atoms with Crippen molar-refractivity contribution in [2.75, 3.05) is 19.7 Å². The van der Waals surface area contributed by atoms with Gasteiger partial charge >= 0.3 is 0 Å². The van der Waals surface area contributed by atoms with Crippen molar-refractivity contribution in [3.63, 3.8) is 0 Å². The molecule has 2 aromatic carbocycles. The van der Waals surface area contributed by atoms with Gasteiger partial charge in [0.2, 0.25) is 23.4 Å². The molecule has 0 spiro atoms. The molecule has 8 nitrogen and oxygen atoms in total. The summed E-state index contributed by atoms with van der Waals surface area (Å²) in [6.07, 6.45) is 1.93. The minimum Gasteiger partial charge on any atom is -0.493 e. The van der Waals surface area contributed by atoms with Gasteiger partial charge in [-0.2, -0.15) is 9.97 Å².